The van der Waals surface area contributed by atoms with Gasteiger partial charge in [-0.1, -0.05) is 18.2 Å². The fraction of sp³-hybridized carbons (Fsp3) is 0.667. The van der Waals surface area contributed by atoms with Crippen LogP contribution in [-0.4, -0.2) is 61.0 Å². The molecule has 106 valence electrons. The van der Waals surface area contributed by atoms with Crippen molar-refractivity contribution >= 4 is 5.91 Å². The van der Waals surface area contributed by atoms with Gasteiger partial charge >= 0.3 is 0 Å². The van der Waals surface area contributed by atoms with Gasteiger partial charge in [-0.05, 0) is 19.3 Å². The quantitative estimate of drug-likeness (QED) is 0.752. The van der Waals surface area contributed by atoms with E-state index in [2.05, 4.69) is 33.8 Å². The van der Waals surface area contributed by atoms with Crippen LogP contribution in [0.1, 0.15) is 19.3 Å². The fourth-order valence-electron chi connectivity index (χ4n) is 2.80. The molecule has 0 saturated carbocycles. The van der Waals surface area contributed by atoms with Crippen LogP contribution in [0.2, 0.25) is 0 Å². The van der Waals surface area contributed by atoms with Crippen LogP contribution in [0, 0.1) is 0 Å². The zero-order chi connectivity index (χ0) is 13.5. The molecule has 0 aromatic rings. The largest absolute Gasteiger partial charge is 0.352 e. The molecule has 1 atom stereocenters. The van der Waals surface area contributed by atoms with Crippen LogP contribution in [0.25, 0.3) is 0 Å². The summed E-state index contributed by atoms with van der Waals surface area (Å²) >= 11 is 0. The monoisotopic (exact) mass is 263 g/mol. The van der Waals surface area contributed by atoms with Crippen molar-refractivity contribution in [2.75, 3.05) is 39.3 Å². The highest BCUT2D eigenvalue weighted by molar-refractivity contribution is 5.78. The molecule has 2 rings (SSSR count). The zero-order valence-electron chi connectivity index (χ0n) is 11.7. The SMILES string of the molecule is C=CCNC(=O)CN1CCN([C@@H]2C=CCCC2)CC1. The van der Waals surface area contributed by atoms with E-state index < -0.39 is 0 Å². The molecule has 19 heavy (non-hydrogen) atoms. The molecule has 1 aliphatic carbocycles. The molecule has 1 aliphatic heterocycles. The first kappa shape index (κ1) is 14.3. The van der Waals surface area contributed by atoms with E-state index in [9.17, 15) is 4.79 Å². The number of carbonyl (C=O) groups is 1. The third-order valence-corrected chi connectivity index (χ3v) is 3.92. The molecule has 4 nitrogen and oxygen atoms in total. The standard InChI is InChI=1S/C15H25N3O/c1-2-8-16-15(19)13-17-9-11-18(12-10-17)14-6-4-3-5-7-14/h2,4,6,14H,1,3,5,7-13H2,(H,16,19)/t14-/m1/s1. The predicted octanol–water partition coefficient (Wildman–Crippen LogP) is 1.01. The van der Waals surface area contributed by atoms with Gasteiger partial charge in [-0.25, -0.2) is 0 Å². The second-order valence-corrected chi connectivity index (χ2v) is 5.33. The lowest BCUT2D eigenvalue weighted by molar-refractivity contribution is -0.122. The van der Waals surface area contributed by atoms with Gasteiger partial charge in [-0.15, -0.1) is 6.58 Å². The molecule has 0 radical (unpaired) electrons. The van der Waals surface area contributed by atoms with Gasteiger partial charge in [0, 0.05) is 38.8 Å². The van der Waals surface area contributed by atoms with E-state index in [1.54, 1.807) is 6.08 Å². The first-order valence-corrected chi connectivity index (χ1v) is 7.30. The number of carbonyl (C=O) groups excluding carboxylic acids is 1. The van der Waals surface area contributed by atoms with E-state index in [1.165, 1.54) is 19.3 Å². The zero-order valence-corrected chi connectivity index (χ0v) is 11.7. The Morgan fingerprint density at radius 1 is 1.37 bits per heavy atom. The normalized spacial score (nSPS) is 25.2. The minimum Gasteiger partial charge on any atom is -0.352 e. The summed E-state index contributed by atoms with van der Waals surface area (Å²) in [7, 11) is 0. The van der Waals surface area contributed by atoms with Crippen molar-refractivity contribution < 1.29 is 4.79 Å². The number of rotatable bonds is 5. The highest BCUT2D eigenvalue weighted by atomic mass is 16.2. The summed E-state index contributed by atoms with van der Waals surface area (Å²) in [6.45, 7) is 8.81. The molecule has 0 unspecified atom stereocenters. The summed E-state index contributed by atoms with van der Waals surface area (Å²) in [6, 6.07) is 0.630. The third kappa shape index (κ3) is 4.48. The van der Waals surface area contributed by atoms with E-state index in [0.29, 0.717) is 19.1 Å². The maximum absolute atomic E-state index is 11.6. The van der Waals surface area contributed by atoms with Crippen LogP contribution in [-0.2, 0) is 4.79 Å². The molecule has 0 spiro atoms. The molecule has 1 saturated heterocycles. The van der Waals surface area contributed by atoms with Gasteiger partial charge in [0.25, 0.3) is 0 Å². The van der Waals surface area contributed by atoms with Crippen molar-refractivity contribution in [2.45, 2.75) is 25.3 Å². The molecule has 2 aliphatic rings. The Morgan fingerprint density at radius 3 is 2.79 bits per heavy atom. The molecule has 1 amide bonds. The second-order valence-electron chi connectivity index (χ2n) is 5.33. The van der Waals surface area contributed by atoms with Crippen molar-refractivity contribution in [2.24, 2.45) is 0 Å². The van der Waals surface area contributed by atoms with Gasteiger partial charge in [0.05, 0.1) is 6.54 Å². The molecule has 1 fully saturated rings. The minimum atomic E-state index is 0.103. The van der Waals surface area contributed by atoms with Gasteiger partial charge in [0.1, 0.15) is 0 Å². The van der Waals surface area contributed by atoms with E-state index in [4.69, 9.17) is 0 Å². The number of amides is 1. The Morgan fingerprint density at radius 2 is 2.16 bits per heavy atom. The molecule has 0 aromatic carbocycles. The molecular formula is C15H25N3O. The van der Waals surface area contributed by atoms with E-state index >= 15 is 0 Å². The van der Waals surface area contributed by atoms with Crippen molar-refractivity contribution in [1.82, 2.24) is 15.1 Å². The smallest absolute Gasteiger partial charge is 0.234 e. The summed E-state index contributed by atoms with van der Waals surface area (Å²) in [6.07, 6.45) is 10.2. The van der Waals surface area contributed by atoms with Crippen molar-refractivity contribution in [3.63, 3.8) is 0 Å². The lowest BCUT2D eigenvalue weighted by Gasteiger charge is -2.38. The van der Waals surface area contributed by atoms with Crippen LogP contribution in [0.15, 0.2) is 24.8 Å². The van der Waals surface area contributed by atoms with Crippen molar-refractivity contribution in [3.05, 3.63) is 24.8 Å². The lowest BCUT2D eigenvalue weighted by atomic mass is 10.0. The second kappa shape index (κ2) is 7.46. The Kier molecular flexibility index (Phi) is 5.61. The Bertz CT molecular complexity index is 332. The fourth-order valence-corrected chi connectivity index (χ4v) is 2.80. The maximum atomic E-state index is 11.6. The van der Waals surface area contributed by atoms with Gasteiger partial charge in [-0.3, -0.25) is 14.6 Å². The highest BCUT2D eigenvalue weighted by Gasteiger charge is 2.23. The number of hydrogen-bond donors (Lipinski definition) is 1. The minimum absolute atomic E-state index is 0.103. The topological polar surface area (TPSA) is 35.6 Å². The number of hydrogen-bond acceptors (Lipinski definition) is 3. The van der Waals surface area contributed by atoms with Gasteiger partial charge < -0.3 is 5.32 Å². The molecule has 4 heteroatoms. The molecule has 0 aromatic heterocycles. The molecule has 0 bridgehead atoms. The summed E-state index contributed by atoms with van der Waals surface area (Å²) in [5, 5.41) is 2.83. The van der Waals surface area contributed by atoms with Crippen LogP contribution in [0.4, 0.5) is 0 Å². The molecule has 1 N–H and O–H groups in total. The summed E-state index contributed by atoms with van der Waals surface area (Å²) in [5.41, 5.74) is 0. The first-order valence-electron chi connectivity index (χ1n) is 7.30. The van der Waals surface area contributed by atoms with Crippen molar-refractivity contribution in [1.29, 1.82) is 0 Å². The van der Waals surface area contributed by atoms with Gasteiger partial charge in [0.2, 0.25) is 5.91 Å². The van der Waals surface area contributed by atoms with E-state index in [0.717, 1.165) is 26.2 Å². The summed E-state index contributed by atoms with van der Waals surface area (Å²) in [5.74, 6) is 0.103. The van der Waals surface area contributed by atoms with Crippen molar-refractivity contribution in [3.8, 4) is 0 Å². The number of piperazine rings is 1. The van der Waals surface area contributed by atoms with Gasteiger partial charge in [0.15, 0.2) is 0 Å². The highest BCUT2D eigenvalue weighted by Crippen LogP contribution is 2.17. The third-order valence-electron chi connectivity index (χ3n) is 3.92. The lowest BCUT2D eigenvalue weighted by Crippen LogP contribution is -2.52. The number of allylic oxidation sites excluding steroid dienone is 1. The predicted molar refractivity (Wildman–Crippen MR) is 78.0 cm³/mol. The van der Waals surface area contributed by atoms with Crippen LogP contribution in [0.5, 0.6) is 0 Å². The maximum Gasteiger partial charge on any atom is 0.234 e. The average molecular weight is 263 g/mol. The van der Waals surface area contributed by atoms with E-state index in [-0.39, 0.29) is 5.91 Å². The summed E-state index contributed by atoms with van der Waals surface area (Å²) < 4.78 is 0. The molecule has 1 heterocycles. The van der Waals surface area contributed by atoms with Crippen LogP contribution >= 0.6 is 0 Å². The summed E-state index contributed by atoms with van der Waals surface area (Å²) in [4.78, 5) is 16.4. The Balaban J connectivity index is 1.70. The van der Waals surface area contributed by atoms with Crippen LogP contribution in [0.3, 0.4) is 0 Å². The first-order chi connectivity index (χ1) is 9.29. The van der Waals surface area contributed by atoms with E-state index in [1.807, 2.05) is 0 Å². The number of nitrogens with zero attached hydrogens (tertiary/aromatic N) is 2. The number of nitrogens with one attached hydrogen (secondary N) is 1. The Hall–Kier alpha value is -1.13. The van der Waals surface area contributed by atoms with Gasteiger partial charge in [-0.2, -0.15) is 0 Å². The molecular weight excluding hydrogens is 238 g/mol. The van der Waals surface area contributed by atoms with Crippen LogP contribution < -0.4 is 5.32 Å². The Labute approximate surface area is 116 Å². The average Bonchev–Trinajstić information content (AvgIpc) is 2.47.